The van der Waals surface area contributed by atoms with Gasteiger partial charge in [0.2, 0.25) is 0 Å². The minimum Gasteiger partial charge on any atom is -0.481 e. The van der Waals surface area contributed by atoms with E-state index in [4.69, 9.17) is 15.3 Å². The number of carboxylic acid groups (broad SMARTS) is 3. The number of aliphatic carboxylic acids is 3. The summed E-state index contributed by atoms with van der Waals surface area (Å²) in [5, 5.41) is 24.4. The topological polar surface area (TPSA) is 112 Å². The zero-order valence-corrected chi connectivity index (χ0v) is 14.0. The Bertz CT molecular complexity index is 365. The van der Waals surface area contributed by atoms with Crippen molar-refractivity contribution in [3.63, 3.8) is 0 Å². The van der Waals surface area contributed by atoms with E-state index < -0.39 is 17.9 Å². The second-order valence-corrected chi connectivity index (χ2v) is 4.40. The zero-order chi connectivity index (χ0) is 18.1. The zero-order valence-electron chi connectivity index (χ0n) is 14.0. The van der Waals surface area contributed by atoms with Crippen LogP contribution in [0.25, 0.3) is 0 Å². The summed E-state index contributed by atoms with van der Waals surface area (Å²) in [5.74, 6) is -2.37. The number of carboxylic acids is 3. The summed E-state index contributed by atoms with van der Waals surface area (Å²) >= 11 is 0. The molecule has 0 radical (unpaired) electrons. The molecule has 0 aromatic heterocycles. The Morgan fingerprint density at radius 1 is 0.818 bits per heavy atom. The van der Waals surface area contributed by atoms with Crippen LogP contribution in [-0.2, 0) is 14.4 Å². The number of rotatable bonds is 6. The number of hydrogen-bond donors (Lipinski definition) is 3. The quantitative estimate of drug-likeness (QED) is 0.508. The lowest BCUT2D eigenvalue weighted by atomic mass is 10.2. The molecule has 6 nitrogen and oxygen atoms in total. The van der Waals surface area contributed by atoms with Crippen LogP contribution in [0.3, 0.4) is 0 Å². The highest BCUT2D eigenvalue weighted by Gasteiger charge is 1.94. The number of allylic oxidation sites excluding steroid dienone is 2. The van der Waals surface area contributed by atoms with Crippen LogP contribution in [0.5, 0.6) is 0 Å². The van der Waals surface area contributed by atoms with E-state index >= 15 is 0 Å². The lowest BCUT2D eigenvalue weighted by Gasteiger charge is -1.89. The van der Waals surface area contributed by atoms with Crippen LogP contribution in [0.2, 0.25) is 0 Å². The Morgan fingerprint density at radius 2 is 1.18 bits per heavy atom. The van der Waals surface area contributed by atoms with Crippen molar-refractivity contribution in [2.45, 2.75) is 60.3 Å². The first kappa shape index (κ1) is 24.9. The van der Waals surface area contributed by atoms with Crippen LogP contribution in [0, 0.1) is 0 Å². The first-order chi connectivity index (χ1) is 10.1. The third kappa shape index (κ3) is 23.0. The first-order valence-corrected chi connectivity index (χ1v) is 7.08. The van der Waals surface area contributed by atoms with E-state index in [1.807, 2.05) is 0 Å². The minimum atomic E-state index is -0.845. The average molecular weight is 316 g/mol. The predicted octanol–water partition coefficient (Wildman–Crippen LogP) is 3.73. The molecule has 0 aliphatic rings. The molecule has 0 spiro atoms. The third-order valence-electron chi connectivity index (χ3n) is 2.53. The molecule has 0 heterocycles. The number of hydrogen-bond acceptors (Lipinski definition) is 3. The van der Waals surface area contributed by atoms with Gasteiger partial charge >= 0.3 is 17.9 Å². The maximum absolute atomic E-state index is 9.87. The Morgan fingerprint density at radius 3 is 1.32 bits per heavy atom. The van der Waals surface area contributed by atoms with E-state index in [-0.39, 0.29) is 0 Å². The lowest BCUT2D eigenvalue weighted by Crippen LogP contribution is -1.93. The summed E-state index contributed by atoms with van der Waals surface area (Å²) in [7, 11) is 0. The highest BCUT2D eigenvalue weighted by atomic mass is 16.4. The van der Waals surface area contributed by atoms with Gasteiger partial charge in [0, 0.05) is 17.6 Å². The van der Waals surface area contributed by atoms with E-state index in [1.165, 1.54) is 0 Å². The van der Waals surface area contributed by atoms with E-state index in [0.29, 0.717) is 17.6 Å². The van der Waals surface area contributed by atoms with Crippen LogP contribution in [-0.4, -0.2) is 33.2 Å². The number of carbonyl (C=O) groups is 3. The van der Waals surface area contributed by atoms with E-state index in [0.717, 1.165) is 19.3 Å². The second-order valence-electron chi connectivity index (χ2n) is 4.40. The summed E-state index contributed by atoms with van der Waals surface area (Å²) < 4.78 is 0. The Hall–Kier alpha value is -2.11. The lowest BCUT2D eigenvalue weighted by molar-refractivity contribution is -0.137. The molecule has 0 aliphatic heterocycles. The Balaban J connectivity index is -0.000000247. The molecule has 0 aromatic carbocycles. The highest BCUT2D eigenvalue weighted by molar-refractivity contribution is 5.85. The monoisotopic (exact) mass is 316 g/mol. The van der Waals surface area contributed by atoms with Crippen LogP contribution in [0.4, 0.5) is 0 Å². The highest BCUT2D eigenvalue weighted by Crippen LogP contribution is 1.97. The summed E-state index contributed by atoms with van der Waals surface area (Å²) in [6.07, 6.45) is 6.39. The van der Waals surface area contributed by atoms with Gasteiger partial charge in [0.15, 0.2) is 0 Å². The van der Waals surface area contributed by atoms with Crippen LogP contribution in [0.15, 0.2) is 23.3 Å². The second kappa shape index (κ2) is 16.9. The van der Waals surface area contributed by atoms with Gasteiger partial charge in [0.25, 0.3) is 0 Å². The smallest absolute Gasteiger partial charge is 0.330 e. The molecule has 128 valence electrons. The van der Waals surface area contributed by atoms with E-state index in [2.05, 4.69) is 6.92 Å². The molecule has 0 saturated heterocycles. The molecule has 0 saturated carbocycles. The molecule has 3 N–H and O–H groups in total. The summed E-state index contributed by atoms with van der Waals surface area (Å²) in [5.41, 5.74) is 0.778. The average Bonchev–Trinajstić information content (AvgIpc) is 2.46. The normalized spacial score (nSPS) is 10.6. The van der Waals surface area contributed by atoms with E-state index in [1.54, 1.807) is 39.8 Å². The van der Waals surface area contributed by atoms with Crippen LogP contribution in [0.1, 0.15) is 60.3 Å². The molecule has 0 rings (SSSR count). The van der Waals surface area contributed by atoms with Crippen molar-refractivity contribution < 1.29 is 29.7 Å². The van der Waals surface area contributed by atoms with Crippen molar-refractivity contribution in [3.8, 4) is 0 Å². The molecule has 0 atom stereocenters. The van der Waals surface area contributed by atoms with Crippen molar-refractivity contribution in [1.29, 1.82) is 0 Å². The largest absolute Gasteiger partial charge is 0.481 e. The fourth-order valence-corrected chi connectivity index (χ4v) is 0.773. The van der Waals surface area contributed by atoms with Gasteiger partial charge < -0.3 is 15.3 Å². The van der Waals surface area contributed by atoms with Crippen molar-refractivity contribution in [2.75, 3.05) is 0 Å². The molecule has 0 unspecified atom stereocenters. The van der Waals surface area contributed by atoms with Crippen molar-refractivity contribution >= 4 is 17.9 Å². The minimum absolute atomic E-state index is 0.327. The van der Waals surface area contributed by atoms with Crippen molar-refractivity contribution in [2.24, 2.45) is 0 Å². The molecule has 0 amide bonds. The van der Waals surface area contributed by atoms with Gasteiger partial charge in [-0.05, 0) is 34.1 Å². The molecular formula is C16H28O6. The Kier molecular flexibility index (Phi) is 19.2. The standard InChI is InChI=1S/C6H12O2.2C5H8O2/c1-2-3-4-5-6(7)8;2*1-3-4(2)5(6)7/h2-5H2,1H3,(H,7,8);2*3H,1-2H3,(H,6,7). The Labute approximate surface area is 132 Å². The molecule has 6 heteroatoms. The summed E-state index contributed by atoms with van der Waals surface area (Å²) in [6, 6.07) is 0. The van der Waals surface area contributed by atoms with Gasteiger partial charge in [0.05, 0.1) is 0 Å². The first-order valence-electron chi connectivity index (χ1n) is 7.08. The van der Waals surface area contributed by atoms with Gasteiger partial charge in [-0.15, -0.1) is 0 Å². The van der Waals surface area contributed by atoms with Crippen LogP contribution < -0.4 is 0 Å². The van der Waals surface area contributed by atoms with Gasteiger partial charge in [-0.25, -0.2) is 9.59 Å². The van der Waals surface area contributed by atoms with Crippen molar-refractivity contribution in [3.05, 3.63) is 23.3 Å². The van der Waals surface area contributed by atoms with Gasteiger partial charge in [-0.1, -0.05) is 31.9 Å². The molecule has 22 heavy (non-hydrogen) atoms. The molecule has 0 aliphatic carbocycles. The summed E-state index contributed by atoms with van der Waals surface area (Å²) in [6.45, 7) is 8.57. The predicted molar refractivity (Wildman–Crippen MR) is 85.9 cm³/mol. The molecule has 0 aromatic rings. The van der Waals surface area contributed by atoms with Crippen LogP contribution >= 0.6 is 0 Å². The summed E-state index contributed by atoms with van der Waals surface area (Å²) in [4.78, 5) is 29.6. The molecule has 0 bridgehead atoms. The van der Waals surface area contributed by atoms with Gasteiger partial charge in [-0.3, -0.25) is 4.79 Å². The fraction of sp³-hybridized carbons (Fsp3) is 0.562. The third-order valence-corrected chi connectivity index (χ3v) is 2.53. The fourth-order valence-electron chi connectivity index (χ4n) is 0.773. The van der Waals surface area contributed by atoms with E-state index in [9.17, 15) is 14.4 Å². The van der Waals surface area contributed by atoms with Crippen molar-refractivity contribution in [1.82, 2.24) is 0 Å². The maximum Gasteiger partial charge on any atom is 0.330 e. The molecule has 0 fully saturated rings. The number of unbranched alkanes of at least 4 members (excludes halogenated alkanes) is 2. The molecular weight excluding hydrogens is 288 g/mol. The van der Waals surface area contributed by atoms with Gasteiger partial charge in [0.1, 0.15) is 0 Å². The van der Waals surface area contributed by atoms with Gasteiger partial charge in [-0.2, -0.15) is 0 Å². The SMILES string of the molecule is CC=C(C)C(=O)O.CC=C(C)C(=O)O.CCCCCC(=O)O. The maximum atomic E-state index is 9.87.